The molecular weight excluding hydrogens is 341 g/mol. The van der Waals surface area contributed by atoms with E-state index in [1.54, 1.807) is 12.1 Å². The van der Waals surface area contributed by atoms with E-state index in [1.165, 1.54) is 35.3 Å². The lowest BCUT2D eigenvalue weighted by atomic mass is 10.1. The number of amides is 1. The highest BCUT2D eigenvalue weighted by atomic mass is 35.5. The number of hydrogen-bond acceptors (Lipinski definition) is 5. The van der Waals surface area contributed by atoms with Crippen LogP contribution in [0.2, 0.25) is 10.0 Å². The summed E-state index contributed by atoms with van der Waals surface area (Å²) < 4.78 is 1.39. The fourth-order valence-electron chi connectivity index (χ4n) is 1.91. The van der Waals surface area contributed by atoms with Crippen LogP contribution in [0.5, 0.6) is 5.75 Å². The first-order valence-electron chi connectivity index (χ1n) is 6.37. The molecule has 2 aromatic carbocycles. The molecule has 0 spiro atoms. The van der Waals surface area contributed by atoms with Crippen molar-refractivity contribution in [1.82, 2.24) is 20.2 Å². The van der Waals surface area contributed by atoms with Gasteiger partial charge in [0.2, 0.25) is 0 Å². The number of nitrogens with one attached hydrogen (secondary N) is 1. The van der Waals surface area contributed by atoms with Crippen molar-refractivity contribution in [3.05, 3.63) is 58.3 Å². The van der Waals surface area contributed by atoms with E-state index in [-0.39, 0.29) is 22.0 Å². The van der Waals surface area contributed by atoms with E-state index in [0.717, 1.165) is 0 Å². The maximum Gasteiger partial charge on any atom is 0.257 e. The number of carbonyl (C=O) groups is 1. The molecule has 116 valence electrons. The summed E-state index contributed by atoms with van der Waals surface area (Å²) >= 11 is 11.9. The van der Waals surface area contributed by atoms with Gasteiger partial charge in [-0.3, -0.25) is 4.79 Å². The van der Waals surface area contributed by atoms with Gasteiger partial charge in [0.25, 0.3) is 5.91 Å². The highest BCUT2D eigenvalue weighted by molar-refractivity contribution is 6.34. The molecule has 2 N–H and O–H groups in total. The Kier molecular flexibility index (Phi) is 4.14. The van der Waals surface area contributed by atoms with Gasteiger partial charge < -0.3 is 10.4 Å². The lowest BCUT2D eigenvalue weighted by Gasteiger charge is -2.10. The molecule has 1 heterocycles. The summed E-state index contributed by atoms with van der Waals surface area (Å²) in [5, 5.41) is 23.8. The van der Waals surface area contributed by atoms with Crippen LogP contribution >= 0.6 is 23.2 Å². The van der Waals surface area contributed by atoms with Crippen molar-refractivity contribution in [3.63, 3.8) is 0 Å². The van der Waals surface area contributed by atoms with Crippen LogP contribution in [-0.4, -0.2) is 31.2 Å². The van der Waals surface area contributed by atoms with Gasteiger partial charge >= 0.3 is 0 Å². The summed E-state index contributed by atoms with van der Waals surface area (Å²) in [6.07, 6.45) is 1.40. The number of aromatic nitrogens is 4. The Labute approximate surface area is 140 Å². The van der Waals surface area contributed by atoms with E-state index in [1.807, 2.05) is 0 Å². The Morgan fingerprint density at radius 1 is 1.17 bits per heavy atom. The zero-order chi connectivity index (χ0) is 16.4. The molecule has 0 aliphatic rings. The molecule has 9 heteroatoms. The van der Waals surface area contributed by atoms with Crippen LogP contribution in [0.1, 0.15) is 10.4 Å². The van der Waals surface area contributed by atoms with E-state index in [0.29, 0.717) is 10.7 Å². The minimum absolute atomic E-state index is 0.101. The van der Waals surface area contributed by atoms with Gasteiger partial charge in [-0.2, -0.15) is 0 Å². The lowest BCUT2D eigenvalue weighted by molar-refractivity contribution is 0.102. The Bertz CT molecular complexity index is 868. The normalized spacial score (nSPS) is 10.5. The van der Waals surface area contributed by atoms with Crippen molar-refractivity contribution < 1.29 is 9.90 Å². The third-order valence-electron chi connectivity index (χ3n) is 3.01. The van der Waals surface area contributed by atoms with Crippen molar-refractivity contribution in [2.45, 2.75) is 0 Å². The molecule has 3 rings (SSSR count). The predicted molar refractivity (Wildman–Crippen MR) is 85.2 cm³/mol. The predicted octanol–water partition coefficient (Wildman–Crippen LogP) is 2.93. The number of benzene rings is 2. The number of phenols is 1. The van der Waals surface area contributed by atoms with Gasteiger partial charge in [0, 0.05) is 5.02 Å². The zero-order valence-electron chi connectivity index (χ0n) is 11.4. The highest BCUT2D eigenvalue weighted by Crippen LogP contribution is 2.28. The first-order chi connectivity index (χ1) is 11.0. The van der Waals surface area contributed by atoms with Crippen LogP contribution in [0.4, 0.5) is 5.69 Å². The molecule has 0 bridgehead atoms. The fraction of sp³-hybridized carbons (Fsp3) is 0. The molecule has 0 saturated heterocycles. The van der Waals surface area contributed by atoms with E-state index in [4.69, 9.17) is 23.2 Å². The average Bonchev–Trinajstić information content (AvgIpc) is 3.05. The molecule has 0 saturated carbocycles. The summed E-state index contributed by atoms with van der Waals surface area (Å²) in [6, 6.07) is 9.11. The molecule has 3 aromatic rings. The van der Waals surface area contributed by atoms with Crippen LogP contribution in [0, 0.1) is 0 Å². The molecule has 0 aliphatic heterocycles. The molecule has 7 nitrogen and oxygen atoms in total. The second-order valence-electron chi connectivity index (χ2n) is 4.53. The number of hydrogen-bond donors (Lipinski definition) is 2. The number of rotatable bonds is 3. The second kappa shape index (κ2) is 6.23. The first kappa shape index (κ1) is 15.3. The van der Waals surface area contributed by atoms with Crippen molar-refractivity contribution in [2.75, 3.05) is 5.32 Å². The quantitative estimate of drug-likeness (QED) is 0.709. The van der Waals surface area contributed by atoms with Gasteiger partial charge in [-0.05, 0) is 46.8 Å². The van der Waals surface area contributed by atoms with Crippen molar-refractivity contribution >= 4 is 34.8 Å². The van der Waals surface area contributed by atoms with Gasteiger partial charge in [-0.15, -0.1) is 5.10 Å². The van der Waals surface area contributed by atoms with Crippen LogP contribution < -0.4 is 5.32 Å². The third-order valence-corrected chi connectivity index (χ3v) is 3.58. The van der Waals surface area contributed by atoms with Gasteiger partial charge in [-0.1, -0.05) is 23.2 Å². The fourth-order valence-corrected chi connectivity index (χ4v) is 2.28. The molecular formula is C14H9Cl2N5O2. The van der Waals surface area contributed by atoms with E-state index in [9.17, 15) is 9.90 Å². The molecule has 0 aliphatic carbocycles. The Morgan fingerprint density at radius 2 is 2.00 bits per heavy atom. The molecule has 23 heavy (non-hydrogen) atoms. The van der Waals surface area contributed by atoms with Crippen molar-refractivity contribution in [1.29, 1.82) is 0 Å². The summed E-state index contributed by atoms with van der Waals surface area (Å²) in [5.41, 5.74) is 0.963. The molecule has 0 fully saturated rings. The Morgan fingerprint density at radius 3 is 2.74 bits per heavy atom. The van der Waals surface area contributed by atoms with Gasteiger partial charge in [-0.25, -0.2) is 4.68 Å². The minimum atomic E-state index is -0.498. The number of phenolic OH excluding ortho intramolecular Hbond substituents is 1. The Hall–Kier alpha value is -2.64. The van der Waals surface area contributed by atoms with Gasteiger partial charge in [0.05, 0.1) is 22.0 Å². The number of anilines is 1. The molecule has 1 aromatic heterocycles. The average molecular weight is 350 g/mol. The van der Waals surface area contributed by atoms with Crippen LogP contribution in [0.15, 0.2) is 42.7 Å². The van der Waals surface area contributed by atoms with Gasteiger partial charge in [0.15, 0.2) is 0 Å². The highest BCUT2D eigenvalue weighted by Gasteiger charge is 2.14. The SMILES string of the molecule is O=C(Nc1cc(Cl)ccc1O)c1cc(-n2cnnn2)ccc1Cl. The maximum absolute atomic E-state index is 12.4. The standard InChI is InChI=1S/C14H9Cl2N5O2/c15-8-1-4-13(22)12(5-8)18-14(23)10-6-9(2-3-11(10)16)21-7-17-19-20-21/h1-7,22H,(H,18,23). The third kappa shape index (κ3) is 3.25. The van der Waals surface area contributed by atoms with Crippen LogP contribution in [-0.2, 0) is 0 Å². The van der Waals surface area contributed by atoms with Crippen molar-refractivity contribution in [2.24, 2.45) is 0 Å². The largest absolute Gasteiger partial charge is 0.506 e. The number of nitrogens with zero attached hydrogens (tertiary/aromatic N) is 4. The molecule has 0 radical (unpaired) electrons. The van der Waals surface area contributed by atoms with Crippen molar-refractivity contribution in [3.8, 4) is 11.4 Å². The molecule has 1 amide bonds. The molecule has 0 atom stereocenters. The first-order valence-corrected chi connectivity index (χ1v) is 7.13. The Balaban J connectivity index is 1.93. The van der Waals surface area contributed by atoms with E-state index < -0.39 is 5.91 Å². The summed E-state index contributed by atoms with van der Waals surface area (Å²) in [6.45, 7) is 0. The topological polar surface area (TPSA) is 92.9 Å². The monoisotopic (exact) mass is 349 g/mol. The van der Waals surface area contributed by atoms with Gasteiger partial charge in [0.1, 0.15) is 12.1 Å². The summed E-state index contributed by atoms with van der Waals surface area (Å²) in [7, 11) is 0. The van der Waals surface area contributed by atoms with E-state index in [2.05, 4.69) is 20.8 Å². The maximum atomic E-state index is 12.4. The second-order valence-corrected chi connectivity index (χ2v) is 5.38. The van der Waals surface area contributed by atoms with Crippen LogP contribution in [0.3, 0.4) is 0 Å². The van der Waals surface area contributed by atoms with E-state index >= 15 is 0 Å². The molecule has 0 unspecified atom stereocenters. The lowest BCUT2D eigenvalue weighted by Crippen LogP contribution is -2.13. The number of aromatic hydroxyl groups is 1. The van der Waals surface area contributed by atoms with Crippen LogP contribution in [0.25, 0.3) is 5.69 Å². The summed E-state index contributed by atoms with van der Waals surface area (Å²) in [4.78, 5) is 12.4. The number of carbonyl (C=O) groups excluding carboxylic acids is 1. The summed E-state index contributed by atoms with van der Waals surface area (Å²) in [5.74, 6) is -0.599. The smallest absolute Gasteiger partial charge is 0.257 e. The zero-order valence-corrected chi connectivity index (χ0v) is 13.0. The number of tetrazole rings is 1. The number of halogens is 2. The minimum Gasteiger partial charge on any atom is -0.506 e.